The van der Waals surface area contributed by atoms with E-state index in [2.05, 4.69) is 37.5 Å². The molecule has 11 heteroatoms. The topological polar surface area (TPSA) is 143 Å². The average molecular weight is 534 g/mol. The molecular weight excluding hydrogens is 490 g/mol. The normalized spacial score (nSPS) is 17.3. The lowest BCUT2D eigenvalue weighted by Crippen LogP contribution is -2.46. The van der Waals surface area contributed by atoms with Crippen molar-refractivity contribution in [2.45, 2.75) is 58.4 Å². The van der Waals surface area contributed by atoms with Crippen LogP contribution in [0.5, 0.6) is 0 Å². The molecule has 3 rings (SSSR count). The lowest BCUT2D eigenvalue weighted by Gasteiger charge is -2.25. The Morgan fingerprint density at radius 1 is 0.711 bits per heavy atom. The first-order valence-electron chi connectivity index (χ1n) is 13.3. The van der Waals surface area contributed by atoms with Crippen LogP contribution in [0.1, 0.15) is 52.9 Å². The Hall–Kier alpha value is -3.18. The van der Waals surface area contributed by atoms with E-state index in [1.165, 1.54) is 31.4 Å². The molecule has 1 aromatic rings. The molecular formula is C27H43N5O6. The fraction of sp³-hybridized carbons (Fsp3) is 0.630. The molecule has 1 aromatic carbocycles. The lowest BCUT2D eigenvalue weighted by atomic mass is 10.1. The highest BCUT2D eigenvalue weighted by molar-refractivity contribution is 6.27. The molecule has 38 heavy (non-hydrogen) atoms. The summed E-state index contributed by atoms with van der Waals surface area (Å²) >= 11 is 0. The number of rotatable bonds is 6. The number of amides is 2. The van der Waals surface area contributed by atoms with E-state index in [-0.39, 0.29) is 17.4 Å². The summed E-state index contributed by atoms with van der Waals surface area (Å²) in [4.78, 5) is 49.8. The molecule has 2 aliphatic heterocycles. The Balaban J connectivity index is 0.000000757. The van der Waals surface area contributed by atoms with Gasteiger partial charge in [0.2, 0.25) is 11.8 Å². The fourth-order valence-corrected chi connectivity index (χ4v) is 4.49. The first-order valence-corrected chi connectivity index (χ1v) is 13.3. The van der Waals surface area contributed by atoms with E-state index in [1.54, 1.807) is 0 Å². The fourth-order valence-electron chi connectivity index (χ4n) is 4.49. The summed E-state index contributed by atoms with van der Waals surface area (Å²) in [6.45, 7) is 12.4. The summed E-state index contributed by atoms with van der Waals surface area (Å²) in [6, 6.07) is 8.26. The second-order valence-corrected chi connectivity index (χ2v) is 10.8. The molecule has 2 amide bonds. The van der Waals surface area contributed by atoms with Crippen LogP contribution in [-0.4, -0.2) is 102 Å². The standard InChI is InChI=1S/C25H41N5O2.C2H2O4/c1-25(2,3)27-24(32)20-29-14-8-13-28(17-18-29)19-23(31)26-21-9-11-22(12-10-21)30-15-6-4-5-7-16-30;3-1(4)2(5)6/h9-12H,4-8,13-20H2,1-3H3,(H,26,31)(H,27,32);(H,3,4)(H,5,6). The lowest BCUT2D eigenvalue weighted by molar-refractivity contribution is -0.159. The van der Waals surface area contributed by atoms with Gasteiger partial charge >= 0.3 is 11.9 Å². The van der Waals surface area contributed by atoms with E-state index >= 15 is 0 Å². The Morgan fingerprint density at radius 3 is 1.68 bits per heavy atom. The number of nitrogens with zero attached hydrogens (tertiary/aromatic N) is 3. The SMILES string of the molecule is CC(C)(C)NC(=O)CN1CCCN(CC(=O)Nc2ccc(N3CCCCCC3)cc2)CC1.O=C(O)C(=O)O. The Morgan fingerprint density at radius 2 is 1.21 bits per heavy atom. The Labute approximate surface area is 225 Å². The first-order chi connectivity index (χ1) is 17.9. The van der Waals surface area contributed by atoms with Gasteiger partial charge in [0.15, 0.2) is 0 Å². The molecule has 0 spiro atoms. The molecule has 0 atom stereocenters. The van der Waals surface area contributed by atoms with Crippen molar-refractivity contribution in [1.29, 1.82) is 0 Å². The van der Waals surface area contributed by atoms with Crippen LogP contribution >= 0.6 is 0 Å². The molecule has 0 bridgehead atoms. The van der Waals surface area contributed by atoms with Crippen molar-refractivity contribution >= 4 is 35.1 Å². The van der Waals surface area contributed by atoms with Gasteiger partial charge in [-0.05, 0) is 77.4 Å². The van der Waals surface area contributed by atoms with Gasteiger partial charge in [-0.2, -0.15) is 0 Å². The zero-order valence-electron chi connectivity index (χ0n) is 22.9. The van der Waals surface area contributed by atoms with Crippen LogP contribution in [0.3, 0.4) is 0 Å². The van der Waals surface area contributed by atoms with Crippen LogP contribution in [0.25, 0.3) is 0 Å². The number of carboxylic acid groups (broad SMARTS) is 2. The second-order valence-electron chi connectivity index (χ2n) is 10.8. The number of anilines is 2. The van der Waals surface area contributed by atoms with Gasteiger partial charge < -0.3 is 25.7 Å². The highest BCUT2D eigenvalue weighted by Gasteiger charge is 2.21. The van der Waals surface area contributed by atoms with Crippen LogP contribution in [-0.2, 0) is 19.2 Å². The summed E-state index contributed by atoms with van der Waals surface area (Å²) in [5.41, 5.74) is 1.88. The molecule has 2 heterocycles. The molecule has 2 aliphatic rings. The second kappa shape index (κ2) is 15.3. The zero-order chi connectivity index (χ0) is 28.1. The van der Waals surface area contributed by atoms with Crippen molar-refractivity contribution in [3.63, 3.8) is 0 Å². The van der Waals surface area contributed by atoms with Crippen LogP contribution in [0.2, 0.25) is 0 Å². The molecule has 0 unspecified atom stereocenters. The molecule has 4 N–H and O–H groups in total. The number of benzene rings is 1. The molecule has 0 aromatic heterocycles. The van der Waals surface area contributed by atoms with E-state index in [1.807, 2.05) is 32.9 Å². The van der Waals surface area contributed by atoms with Gasteiger partial charge in [-0.3, -0.25) is 19.4 Å². The zero-order valence-corrected chi connectivity index (χ0v) is 22.9. The van der Waals surface area contributed by atoms with Crippen molar-refractivity contribution in [2.24, 2.45) is 0 Å². The van der Waals surface area contributed by atoms with Gasteiger partial charge in [0, 0.05) is 43.1 Å². The third-order valence-corrected chi connectivity index (χ3v) is 6.24. The van der Waals surface area contributed by atoms with Crippen molar-refractivity contribution in [1.82, 2.24) is 15.1 Å². The van der Waals surface area contributed by atoms with E-state index in [4.69, 9.17) is 19.8 Å². The summed E-state index contributed by atoms with van der Waals surface area (Å²) < 4.78 is 0. The quantitative estimate of drug-likeness (QED) is 0.404. The van der Waals surface area contributed by atoms with Crippen LogP contribution in [0.4, 0.5) is 11.4 Å². The number of carbonyl (C=O) groups is 4. The van der Waals surface area contributed by atoms with Gasteiger partial charge in [0.25, 0.3) is 0 Å². The molecule has 11 nitrogen and oxygen atoms in total. The Kier molecular flexibility index (Phi) is 12.5. The monoisotopic (exact) mass is 533 g/mol. The van der Waals surface area contributed by atoms with Crippen molar-refractivity contribution in [3.05, 3.63) is 24.3 Å². The molecule has 0 saturated carbocycles. The number of hydrogen-bond donors (Lipinski definition) is 4. The van der Waals surface area contributed by atoms with Crippen molar-refractivity contribution in [2.75, 3.05) is 62.6 Å². The Bertz CT molecular complexity index is 911. The van der Waals surface area contributed by atoms with E-state index in [0.717, 1.165) is 51.4 Å². The number of carboxylic acids is 2. The maximum Gasteiger partial charge on any atom is 0.414 e. The number of nitrogens with one attached hydrogen (secondary N) is 2. The minimum absolute atomic E-state index is 0.0199. The van der Waals surface area contributed by atoms with Crippen LogP contribution in [0.15, 0.2) is 24.3 Å². The number of carbonyl (C=O) groups excluding carboxylic acids is 2. The van der Waals surface area contributed by atoms with Gasteiger partial charge in [-0.25, -0.2) is 9.59 Å². The smallest absolute Gasteiger partial charge is 0.414 e. The number of hydrogen-bond acceptors (Lipinski definition) is 7. The first kappa shape index (κ1) is 31.0. The highest BCUT2D eigenvalue weighted by atomic mass is 16.4. The molecule has 2 saturated heterocycles. The van der Waals surface area contributed by atoms with Crippen molar-refractivity contribution < 1.29 is 29.4 Å². The maximum atomic E-state index is 12.6. The maximum absolute atomic E-state index is 12.6. The molecule has 0 aliphatic carbocycles. The molecule has 0 radical (unpaired) electrons. The average Bonchev–Trinajstić information content (AvgIpc) is 3.22. The van der Waals surface area contributed by atoms with Gasteiger partial charge in [0.1, 0.15) is 0 Å². The van der Waals surface area contributed by atoms with Crippen LogP contribution < -0.4 is 15.5 Å². The van der Waals surface area contributed by atoms with Crippen LogP contribution in [0, 0.1) is 0 Å². The summed E-state index contributed by atoms with van der Waals surface area (Å²) in [7, 11) is 0. The molecule has 212 valence electrons. The van der Waals surface area contributed by atoms with E-state index in [0.29, 0.717) is 13.1 Å². The van der Waals surface area contributed by atoms with E-state index in [9.17, 15) is 9.59 Å². The summed E-state index contributed by atoms with van der Waals surface area (Å²) in [5.74, 6) is -3.57. The third kappa shape index (κ3) is 12.4. The minimum Gasteiger partial charge on any atom is -0.473 e. The minimum atomic E-state index is -1.82. The summed E-state index contributed by atoms with van der Waals surface area (Å²) in [5, 5.41) is 20.9. The molecule has 2 fully saturated rings. The van der Waals surface area contributed by atoms with E-state index < -0.39 is 11.9 Å². The van der Waals surface area contributed by atoms with Gasteiger partial charge in [-0.15, -0.1) is 0 Å². The number of aliphatic carboxylic acids is 2. The third-order valence-electron chi connectivity index (χ3n) is 6.24. The highest BCUT2D eigenvalue weighted by Crippen LogP contribution is 2.21. The largest absolute Gasteiger partial charge is 0.473 e. The summed E-state index contributed by atoms with van der Waals surface area (Å²) in [6.07, 6.45) is 6.12. The van der Waals surface area contributed by atoms with Gasteiger partial charge in [0.05, 0.1) is 13.1 Å². The predicted molar refractivity (Wildman–Crippen MR) is 146 cm³/mol. The van der Waals surface area contributed by atoms with Crippen molar-refractivity contribution in [3.8, 4) is 0 Å². The predicted octanol–water partition coefficient (Wildman–Crippen LogP) is 2.08. The van der Waals surface area contributed by atoms with Gasteiger partial charge in [-0.1, -0.05) is 12.8 Å².